The predicted octanol–water partition coefficient (Wildman–Crippen LogP) is 3.18. The molecule has 0 saturated carbocycles. The second-order valence-corrected chi connectivity index (χ2v) is 5.13. The van der Waals surface area contributed by atoms with Crippen molar-refractivity contribution < 1.29 is 5.11 Å². The predicted molar refractivity (Wildman–Crippen MR) is 68.5 cm³/mol. The van der Waals surface area contributed by atoms with Crippen molar-refractivity contribution in [1.82, 2.24) is 0 Å². The van der Waals surface area contributed by atoms with Crippen molar-refractivity contribution in [2.75, 3.05) is 0 Å². The lowest BCUT2D eigenvalue weighted by Crippen LogP contribution is -2.39. The van der Waals surface area contributed by atoms with Gasteiger partial charge in [-0.05, 0) is 44.9 Å². The van der Waals surface area contributed by atoms with E-state index in [0.29, 0.717) is 0 Å². The van der Waals surface area contributed by atoms with Gasteiger partial charge in [0.25, 0.3) is 0 Å². The minimum Gasteiger partial charge on any atom is -0.508 e. The number of aromatic hydroxyl groups is 1. The van der Waals surface area contributed by atoms with E-state index in [1.807, 2.05) is 32.9 Å². The number of hydrogen-bond donors (Lipinski definition) is 2. The highest BCUT2D eigenvalue weighted by molar-refractivity contribution is 5.31. The summed E-state index contributed by atoms with van der Waals surface area (Å²) in [5, 5.41) is 9.27. The van der Waals surface area contributed by atoms with E-state index in [-0.39, 0.29) is 17.2 Å². The summed E-state index contributed by atoms with van der Waals surface area (Å²) in [6.07, 6.45) is 0.869. The molecule has 1 aromatic rings. The quantitative estimate of drug-likeness (QED) is 0.764. The molecule has 16 heavy (non-hydrogen) atoms. The molecule has 0 saturated heterocycles. The van der Waals surface area contributed by atoms with Crippen LogP contribution in [0.15, 0.2) is 36.4 Å². The number of hydrogen-bond acceptors (Lipinski definition) is 2. The monoisotopic (exact) mass is 219 g/mol. The first-order valence-electron chi connectivity index (χ1n) is 5.53. The van der Waals surface area contributed by atoms with Crippen LogP contribution in [-0.4, -0.2) is 10.6 Å². The first kappa shape index (κ1) is 12.8. The van der Waals surface area contributed by atoms with E-state index in [0.717, 1.165) is 17.6 Å². The molecule has 1 rings (SSSR count). The van der Waals surface area contributed by atoms with Crippen LogP contribution in [0.5, 0.6) is 5.75 Å². The molecule has 1 atom stereocenters. The Labute approximate surface area is 97.8 Å². The van der Waals surface area contributed by atoms with Crippen molar-refractivity contribution in [2.45, 2.75) is 38.6 Å². The van der Waals surface area contributed by atoms with Gasteiger partial charge in [-0.25, -0.2) is 0 Å². The van der Waals surface area contributed by atoms with Gasteiger partial charge in [-0.3, -0.25) is 0 Å². The number of benzene rings is 1. The third-order valence-corrected chi connectivity index (χ3v) is 2.75. The smallest absolute Gasteiger partial charge is 0.115 e. The van der Waals surface area contributed by atoms with Crippen LogP contribution in [0.3, 0.4) is 0 Å². The maximum absolute atomic E-state index is 9.27. The third kappa shape index (κ3) is 3.38. The lowest BCUT2D eigenvalue weighted by Gasteiger charge is -2.31. The first-order chi connectivity index (χ1) is 7.30. The average molecular weight is 219 g/mol. The molecule has 0 aliphatic carbocycles. The highest BCUT2D eigenvalue weighted by Crippen LogP contribution is 2.32. The van der Waals surface area contributed by atoms with Crippen LogP contribution < -0.4 is 5.73 Å². The minimum absolute atomic E-state index is 0.227. The highest BCUT2D eigenvalue weighted by atomic mass is 16.3. The van der Waals surface area contributed by atoms with Gasteiger partial charge in [-0.2, -0.15) is 0 Å². The van der Waals surface area contributed by atoms with Gasteiger partial charge >= 0.3 is 0 Å². The molecule has 1 aromatic carbocycles. The summed E-state index contributed by atoms with van der Waals surface area (Å²) in [6, 6.07) is 7.26. The summed E-state index contributed by atoms with van der Waals surface area (Å²) >= 11 is 0. The molecular formula is C14H21NO. The van der Waals surface area contributed by atoms with Gasteiger partial charge < -0.3 is 10.8 Å². The van der Waals surface area contributed by atoms with Crippen molar-refractivity contribution >= 4 is 0 Å². The van der Waals surface area contributed by atoms with Crippen molar-refractivity contribution in [3.05, 3.63) is 42.0 Å². The summed E-state index contributed by atoms with van der Waals surface area (Å²) in [7, 11) is 0. The number of allylic oxidation sites excluding steroid dienone is 1. The van der Waals surface area contributed by atoms with Gasteiger partial charge in [0.15, 0.2) is 0 Å². The Bertz CT molecular complexity index is 359. The van der Waals surface area contributed by atoms with E-state index in [4.69, 9.17) is 5.73 Å². The summed E-state index contributed by atoms with van der Waals surface area (Å²) in [5.41, 5.74) is 8.17. The highest BCUT2D eigenvalue weighted by Gasteiger charge is 2.26. The van der Waals surface area contributed by atoms with Crippen LogP contribution in [0.1, 0.15) is 38.7 Å². The molecule has 1 unspecified atom stereocenters. The van der Waals surface area contributed by atoms with Crippen molar-refractivity contribution in [2.24, 2.45) is 5.73 Å². The number of nitrogens with two attached hydrogens (primary N) is 1. The fourth-order valence-electron chi connectivity index (χ4n) is 1.87. The van der Waals surface area contributed by atoms with Gasteiger partial charge in [0, 0.05) is 11.5 Å². The second-order valence-electron chi connectivity index (χ2n) is 5.13. The second kappa shape index (κ2) is 4.71. The van der Waals surface area contributed by atoms with E-state index in [2.05, 4.69) is 6.58 Å². The molecule has 0 aliphatic heterocycles. The topological polar surface area (TPSA) is 46.2 Å². The maximum Gasteiger partial charge on any atom is 0.115 e. The lowest BCUT2D eigenvalue weighted by molar-refractivity contribution is 0.406. The van der Waals surface area contributed by atoms with Crippen molar-refractivity contribution in [1.29, 1.82) is 0 Å². The number of phenolic OH excluding ortho intramolecular Hbond substituents is 1. The number of phenols is 1. The van der Waals surface area contributed by atoms with Crippen LogP contribution in [0.4, 0.5) is 0 Å². The zero-order valence-corrected chi connectivity index (χ0v) is 10.3. The fourth-order valence-corrected chi connectivity index (χ4v) is 1.87. The summed E-state index contributed by atoms with van der Waals surface area (Å²) in [5.74, 6) is 0.512. The Morgan fingerprint density at radius 3 is 2.25 bits per heavy atom. The summed E-state index contributed by atoms with van der Waals surface area (Å²) < 4.78 is 0. The molecule has 0 aliphatic rings. The molecule has 0 radical (unpaired) electrons. The summed E-state index contributed by atoms with van der Waals surface area (Å²) in [6.45, 7) is 10.0. The minimum atomic E-state index is -0.296. The van der Waals surface area contributed by atoms with Gasteiger partial charge in [-0.15, -0.1) is 6.58 Å². The Morgan fingerprint density at radius 1 is 1.38 bits per heavy atom. The van der Waals surface area contributed by atoms with Gasteiger partial charge in [0.2, 0.25) is 0 Å². The van der Waals surface area contributed by atoms with Crippen LogP contribution >= 0.6 is 0 Å². The van der Waals surface area contributed by atoms with Crippen LogP contribution in [0.25, 0.3) is 0 Å². The molecule has 0 spiro atoms. The largest absolute Gasteiger partial charge is 0.508 e. The molecule has 0 fully saturated rings. The van der Waals surface area contributed by atoms with Crippen LogP contribution in [0.2, 0.25) is 0 Å². The van der Waals surface area contributed by atoms with E-state index in [1.165, 1.54) is 0 Å². The molecule has 0 amide bonds. The Hall–Kier alpha value is -1.28. The molecule has 88 valence electrons. The average Bonchev–Trinajstić information content (AvgIpc) is 2.14. The third-order valence-electron chi connectivity index (χ3n) is 2.75. The van der Waals surface area contributed by atoms with Crippen LogP contribution in [0, 0.1) is 0 Å². The molecule has 2 heteroatoms. The van der Waals surface area contributed by atoms with Gasteiger partial charge in [0.05, 0.1) is 0 Å². The van der Waals surface area contributed by atoms with E-state index < -0.39 is 0 Å². The molecule has 0 heterocycles. The fraction of sp³-hybridized carbons (Fsp3) is 0.429. The SMILES string of the molecule is C=C(C)CC(c1ccc(O)cc1)C(C)(C)N. The molecule has 3 N–H and O–H groups in total. The van der Waals surface area contributed by atoms with Gasteiger partial charge in [-0.1, -0.05) is 17.7 Å². The van der Waals surface area contributed by atoms with Crippen molar-refractivity contribution in [3.63, 3.8) is 0 Å². The molecular weight excluding hydrogens is 198 g/mol. The first-order valence-corrected chi connectivity index (χ1v) is 5.53. The zero-order chi connectivity index (χ0) is 12.3. The summed E-state index contributed by atoms with van der Waals surface area (Å²) in [4.78, 5) is 0. The van der Waals surface area contributed by atoms with E-state index in [1.54, 1.807) is 12.1 Å². The Kier molecular flexibility index (Phi) is 3.76. The Morgan fingerprint density at radius 2 is 1.88 bits per heavy atom. The van der Waals surface area contributed by atoms with E-state index >= 15 is 0 Å². The standard InChI is InChI=1S/C14H21NO/c1-10(2)9-13(14(3,4)15)11-5-7-12(16)8-6-11/h5-8,13,16H,1,9,15H2,2-4H3. The molecule has 0 aromatic heterocycles. The van der Waals surface area contributed by atoms with Crippen LogP contribution in [-0.2, 0) is 0 Å². The molecule has 2 nitrogen and oxygen atoms in total. The zero-order valence-electron chi connectivity index (χ0n) is 10.3. The molecule has 0 bridgehead atoms. The lowest BCUT2D eigenvalue weighted by atomic mass is 9.79. The maximum atomic E-state index is 9.27. The Balaban J connectivity index is 3.01. The normalized spacial score (nSPS) is 13.5. The van der Waals surface area contributed by atoms with Gasteiger partial charge in [0.1, 0.15) is 5.75 Å². The van der Waals surface area contributed by atoms with Crippen molar-refractivity contribution in [3.8, 4) is 5.75 Å². The van der Waals surface area contributed by atoms with E-state index in [9.17, 15) is 5.11 Å². The number of rotatable bonds is 4.